The fraction of sp³-hybridized carbons (Fsp3) is 0.500. The van der Waals surface area contributed by atoms with Gasteiger partial charge in [-0.1, -0.05) is 0 Å². The molecule has 1 aliphatic rings. The smallest absolute Gasteiger partial charge is 0.487 e. The molecular weight excluding hydrogens is 345 g/mol. The number of halogens is 4. The van der Waals surface area contributed by atoms with Crippen LogP contribution in [0.5, 0.6) is 11.5 Å². The molecule has 0 aliphatic heterocycles. The molecule has 0 heterocycles. The average Bonchev–Trinajstić information content (AvgIpc) is 2.31. The number of benzene rings is 1. The van der Waals surface area contributed by atoms with Crippen LogP contribution in [0.15, 0.2) is 22.7 Å². The molecule has 20 heavy (non-hydrogen) atoms. The van der Waals surface area contributed by atoms with Gasteiger partial charge in [0.15, 0.2) is 0 Å². The van der Waals surface area contributed by atoms with Crippen LogP contribution in [0.1, 0.15) is 6.42 Å². The van der Waals surface area contributed by atoms with E-state index in [9.17, 15) is 18.3 Å². The number of aliphatic hydroxyl groups excluding tert-OH is 1. The highest BCUT2D eigenvalue weighted by Gasteiger charge is 2.42. The first-order chi connectivity index (χ1) is 9.30. The molecule has 0 saturated heterocycles. The first-order valence-corrected chi connectivity index (χ1v) is 6.52. The van der Waals surface area contributed by atoms with Crippen molar-refractivity contribution < 1.29 is 32.5 Å². The minimum atomic E-state index is -4.75. The Morgan fingerprint density at radius 3 is 2.55 bits per heavy atom. The number of methoxy groups -OCH3 is 1. The van der Waals surface area contributed by atoms with Crippen molar-refractivity contribution in [2.75, 3.05) is 7.11 Å². The van der Waals surface area contributed by atoms with Crippen LogP contribution in [0.25, 0.3) is 0 Å². The average molecular weight is 357 g/mol. The lowest BCUT2D eigenvalue weighted by Gasteiger charge is -2.40. The van der Waals surface area contributed by atoms with Crippen LogP contribution in [-0.4, -0.2) is 36.9 Å². The molecule has 1 N–H and O–H groups in total. The van der Waals surface area contributed by atoms with Crippen molar-refractivity contribution >= 4 is 15.9 Å². The monoisotopic (exact) mass is 356 g/mol. The van der Waals surface area contributed by atoms with Gasteiger partial charge in [-0.2, -0.15) is 0 Å². The standard InChI is InChI=1S/C12H12BrF3O4/c1-18-11-8(17)5-10(11)19-6-2-3-9(7(13)4-6)20-12(14,15)16/h2-4,8,10-11,17H,5H2,1H3. The van der Waals surface area contributed by atoms with Gasteiger partial charge >= 0.3 is 6.36 Å². The molecule has 2 rings (SSSR count). The number of aliphatic hydroxyl groups is 1. The molecule has 1 fully saturated rings. The first-order valence-electron chi connectivity index (χ1n) is 5.73. The lowest BCUT2D eigenvalue weighted by Crippen LogP contribution is -2.54. The molecule has 0 spiro atoms. The van der Waals surface area contributed by atoms with Gasteiger partial charge in [0.1, 0.15) is 23.7 Å². The molecule has 3 atom stereocenters. The van der Waals surface area contributed by atoms with Gasteiger partial charge < -0.3 is 19.3 Å². The van der Waals surface area contributed by atoms with Gasteiger partial charge in [0.25, 0.3) is 0 Å². The molecule has 1 aromatic carbocycles. The summed E-state index contributed by atoms with van der Waals surface area (Å²) in [5, 5.41) is 9.42. The summed E-state index contributed by atoms with van der Waals surface area (Å²) in [7, 11) is 1.46. The largest absolute Gasteiger partial charge is 0.573 e. The molecule has 0 radical (unpaired) electrons. The van der Waals surface area contributed by atoms with Crippen LogP contribution < -0.4 is 9.47 Å². The highest BCUT2D eigenvalue weighted by molar-refractivity contribution is 9.10. The summed E-state index contributed by atoms with van der Waals surface area (Å²) < 4.78 is 50.9. The molecule has 1 saturated carbocycles. The summed E-state index contributed by atoms with van der Waals surface area (Å²) in [6.07, 6.45) is -5.67. The fourth-order valence-corrected chi connectivity index (χ4v) is 2.36. The Kier molecular flexibility index (Phi) is 4.46. The number of rotatable bonds is 4. The van der Waals surface area contributed by atoms with Crippen molar-refractivity contribution in [3.8, 4) is 11.5 Å². The number of hydrogen-bond acceptors (Lipinski definition) is 4. The van der Waals surface area contributed by atoms with E-state index in [2.05, 4.69) is 20.7 Å². The SMILES string of the molecule is COC1C(O)CC1Oc1ccc(OC(F)(F)F)c(Br)c1. The van der Waals surface area contributed by atoms with Crippen LogP contribution in [0.3, 0.4) is 0 Å². The molecule has 1 aromatic rings. The Hall–Kier alpha value is -0.990. The summed E-state index contributed by atoms with van der Waals surface area (Å²) in [6, 6.07) is 3.89. The summed E-state index contributed by atoms with van der Waals surface area (Å²) >= 11 is 2.99. The Bertz CT molecular complexity index is 480. The van der Waals surface area contributed by atoms with Crippen molar-refractivity contribution in [1.82, 2.24) is 0 Å². The maximum atomic E-state index is 12.1. The third kappa shape index (κ3) is 3.56. The Balaban J connectivity index is 2.03. The van der Waals surface area contributed by atoms with Crippen molar-refractivity contribution in [3.63, 3.8) is 0 Å². The van der Waals surface area contributed by atoms with E-state index in [1.165, 1.54) is 19.2 Å². The van der Waals surface area contributed by atoms with Crippen LogP contribution in [0.4, 0.5) is 13.2 Å². The van der Waals surface area contributed by atoms with Gasteiger partial charge in [-0.05, 0) is 34.1 Å². The Morgan fingerprint density at radius 2 is 2.05 bits per heavy atom. The van der Waals surface area contributed by atoms with E-state index in [1.807, 2.05) is 0 Å². The van der Waals surface area contributed by atoms with Crippen LogP contribution in [0.2, 0.25) is 0 Å². The van der Waals surface area contributed by atoms with Crippen molar-refractivity contribution in [2.45, 2.75) is 31.1 Å². The van der Waals surface area contributed by atoms with Crippen LogP contribution in [-0.2, 0) is 4.74 Å². The van der Waals surface area contributed by atoms with Gasteiger partial charge in [-0.25, -0.2) is 0 Å². The molecule has 0 amide bonds. The second-order valence-electron chi connectivity index (χ2n) is 4.30. The van der Waals surface area contributed by atoms with Crippen molar-refractivity contribution in [2.24, 2.45) is 0 Å². The van der Waals surface area contributed by atoms with Crippen LogP contribution >= 0.6 is 15.9 Å². The van der Waals surface area contributed by atoms with Gasteiger partial charge in [-0.15, -0.1) is 13.2 Å². The van der Waals surface area contributed by atoms with Gasteiger partial charge in [-0.3, -0.25) is 0 Å². The van der Waals surface area contributed by atoms with E-state index in [1.54, 1.807) is 0 Å². The maximum absolute atomic E-state index is 12.1. The fourth-order valence-electron chi connectivity index (χ4n) is 1.92. The summed E-state index contributed by atoms with van der Waals surface area (Å²) in [4.78, 5) is 0. The zero-order valence-electron chi connectivity index (χ0n) is 10.4. The quantitative estimate of drug-likeness (QED) is 0.901. The molecule has 0 aromatic heterocycles. The number of ether oxygens (including phenoxy) is 3. The van der Waals surface area contributed by atoms with E-state index in [0.717, 1.165) is 6.07 Å². The lowest BCUT2D eigenvalue weighted by molar-refractivity contribution is -0.274. The minimum Gasteiger partial charge on any atom is -0.487 e. The topological polar surface area (TPSA) is 47.9 Å². The molecular formula is C12H12BrF3O4. The van der Waals surface area contributed by atoms with Gasteiger partial charge in [0.2, 0.25) is 0 Å². The second-order valence-corrected chi connectivity index (χ2v) is 5.15. The van der Waals surface area contributed by atoms with E-state index in [4.69, 9.17) is 9.47 Å². The van der Waals surface area contributed by atoms with E-state index in [-0.39, 0.29) is 16.3 Å². The number of hydrogen-bond donors (Lipinski definition) is 1. The van der Waals surface area contributed by atoms with E-state index in [0.29, 0.717) is 12.2 Å². The predicted octanol–water partition coefficient (Wildman–Crippen LogP) is 2.87. The lowest BCUT2D eigenvalue weighted by atomic mass is 9.88. The predicted molar refractivity (Wildman–Crippen MR) is 66.7 cm³/mol. The molecule has 8 heteroatoms. The van der Waals surface area contributed by atoms with E-state index >= 15 is 0 Å². The first kappa shape index (κ1) is 15.4. The Labute approximate surface area is 121 Å². The summed E-state index contributed by atoms with van der Waals surface area (Å²) in [5.41, 5.74) is 0. The second kappa shape index (κ2) is 5.79. The molecule has 0 bridgehead atoms. The van der Waals surface area contributed by atoms with Crippen molar-refractivity contribution in [3.05, 3.63) is 22.7 Å². The number of alkyl halides is 3. The normalized spacial score (nSPS) is 26.0. The van der Waals surface area contributed by atoms with Crippen molar-refractivity contribution in [1.29, 1.82) is 0 Å². The molecule has 1 aliphatic carbocycles. The summed E-state index contributed by atoms with van der Waals surface area (Å²) in [6.45, 7) is 0. The Morgan fingerprint density at radius 1 is 1.35 bits per heavy atom. The molecule has 3 unspecified atom stereocenters. The highest BCUT2D eigenvalue weighted by Crippen LogP contribution is 2.35. The molecule has 112 valence electrons. The summed E-state index contributed by atoms with van der Waals surface area (Å²) in [5.74, 6) is 0.0205. The maximum Gasteiger partial charge on any atom is 0.573 e. The highest BCUT2D eigenvalue weighted by atomic mass is 79.9. The molecule has 4 nitrogen and oxygen atoms in total. The van der Waals surface area contributed by atoms with Crippen LogP contribution in [0, 0.1) is 0 Å². The van der Waals surface area contributed by atoms with E-state index < -0.39 is 18.6 Å². The third-order valence-electron chi connectivity index (χ3n) is 2.91. The zero-order valence-corrected chi connectivity index (χ0v) is 11.9. The minimum absolute atomic E-state index is 0.126. The van der Waals surface area contributed by atoms with Gasteiger partial charge in [0, 0.05) is 13.5 Å². The van der Waals surface area contributed by atoms with Gasteiger partial charge in [0.05, 0.1) is 10.6 Å². The zero-order chi connectivity index (χ0) is 14.9. The third-order valence-corrected chi connectivity index (χ3v) is 3.53.